The Bertz CT molecular complexity index is 897. The Kier molecular flexibility index (Phi) is 8.24. The number of carbonyl (C=O) groups is 1. The van der Waals surface area contributed by atoms with Crippen LogP contribution in [0.25, 0.3) is 0 Å². The number of methoxy groups -OCH3 is 1. The molecule has 1 amide bonds. The van der Waals surface area contributed by atoms with Crippen LogP contribution in [0.5, 0.6) is 11.5 Å². The molecular weight excluding hydrogens is 414 g/mol. The van der Waals surface area contributed by atoms with Gasteiger partial charge in [0.05, 0.1) is 7.11 Å². The molecule has 0 saturated carbocycles. The Morgan fingerprint density at radius 3 is 2.52 bits per heavy atom. The van der Waals surface area contributed by atoms with Gasteiger partial charge in [0, 0.05) is 57.8 Å². The second-order valence-electron chi connectivity index (χ2n) is 9.39. The molecule has 2 aliphatic rings. The third-order valence-electron chi connectivity index (χ3n) is 7.04. The summed E-state index contributed by atoms with van der Waals surface area (Å²) in [6, 6.07) is 16.2. The second-order valence-corrected chi connectivity index (χ2v) is 9.39. The van der Waals surface area contributed by atoms with E-state index in [0.29, 0.717) is 24.0 Å². The zero-order valence-corrected chi connectivity index (χ0v) is 19.8. The molecule has 0 radical (unpaired) electrons. The first-order valence-corrected chi connectivity index (χ1v) is 12.2. The van der Waals surface area contributed by atoms with E-state index in [1.165, 1.54) is 12.0 Å². The molecule has 4 rings (SSSR count). The number of likely N-dealkylation sites (tertiary alicyclic amines) is 1. The number of piperidine rings is 1. The van der Waals surface area contributed by atoms with Crippen molar-refractivity contribution in [1.29, 1.82) is 0 Å². The first-order valence-electron chi connectivity index (χ1n) is 12.2. The second kappa shape index (κ2) is 11.5. The van der Waals surface area contributed by atoms with Gasteiger partial charge in [0.1, 0.15) is 0 Å². The first-order chi connectivity index (χ1) is 16.1. The van der Waals surface area contributed by atoms with Gasteiger partial charge in [-0.05, 0) is 43.4 Å². The van der Waals surface area contributed by atoms with Crippen LogP contribution < -0.4 is 4.74 Å². The molecule has 2 heterocycles. The molecule has 2 aromatic rings. The maximum atomic E-state index is 12.8. The van der Waals surface area contributed by atoms with Gasteiger partial charge in [-0.15, -0.1) is 0 Å². The number of hydrogen-bond acceptors (Lipinski definition) is 5. The van der Waals surface area contributed by atoms with Crippen molar-refractivity contribution in [3.8, 4) is 11.5 Å². The maximum absolute atomic E-state index is 12.8. The Morgan fingerprint density at radius 2 is 1.76 bits per heavy atom. The summed E-state index contributed by atoms with van der Waals surface area (Å²) >= 11 is 0. The van der Waals surface area contributed by atoms with Crippen LogP contribution in [0.4, 0.5) is 0 Å². The number of nitrogens with zero attached hydrogens (tertiary/aromatic N) is 3. The van der Waals surface area contributed by atoms with Crippen molar-refractivity contribution in [2.24, 2.45) is 5.92 Å². The summed E-state index contributed by atoms with van der Waals surface area (Å²) in [6.45, 7) is 7.25. The molecule has 0 bridgehead atoms. The molecule has 33 heavy (non-hydrogen) atoms. The van der Waals surface area contributed by atoms with Crippen molar-refractivity contribution in [3.05, 3.63) is 59.7 Å². The van der Waals surface area contributed by atoms with Crippen molar-refractivity contribution in [2.45, 2.75) is 38.8 Å². The minimum Gasteiger partial charge on any atom is -0.504 e. The summed E-state index contributed by atoms with van der Waals surface area (Å²) in [4.78, 5) is 19.7. The average molecular weight is 452 g/mol. The number of para-hydroxylation sites is 1. The van der Waals surface area contributed by atoms with Crippen LogP contribution in [0.3, 0.4) is 0 Å². The van der Waals surface area contributed by atoms with E-state index in [1.807, 2.05) is 18.2 Å². The molecule has 178 valence electrons. The standard InChI is InChI=1S/C27H37N3O3/c1-33-25-11-5-10-24(27(25)32)21-29-14-6-9-23(20-29)12-13-26(31)30-17-15-28(16-18-30)19-22-7-3-2-4-8-22/h2-5,7-8,10-11,23,32H,6,9,12-21H2,1H3/t23-/m1/s1. The summed E-state index contributed by atoms with van der Waals surface area (Å²) in [5.41, 5.74) is 2.24. The molecule has 2 saturated heterocycles. The zero-order valence-electron chi connectivity index (χ0n) is 19.8. The first kappa shape index (κ1) is 23.6. The Labute approximate surface area is 197 Å². The van der Waals surface area contributed by atoms with Gasteiger partial charge in [-0.25, -0.2) is 0 Å². The Morgan fingerprint density at radius 1 is 0.970 bits per heavy atom. The lowest BCUT2D eigenvalue weighted by Crippen LogP contribution is -2.48. The maximum Gasteiger partial charge on any atom is 0.222 e. The molecule has 6 heteroatoms. The predicted molar refractivity (Wildman–Crippen MR) is 130 cm³/mol. The van der Waals surface area contributed by atoms with Crippen LogP contribution in [-0.2, 0) is 17.9 Å². The highest BCUT2D eigenvalue weighted by Crippen LogP contribution is 2.31. The summed E-state index contributed by atoms with van der Waals surface area (Å²) in [7, 11) is 1.58. The molecule has 0 aliphatic carbocycles. The molecule has 0 spiro atoms. The summed E-state index contributed by atoms with van der Waals surface area (Å²) < 4.78 is 5.24. The fourth-order valence-corrected chi connectivity index (χ4v) is 5.11. The molecule has 6 nitrogen and oxygen atoms in total. The van der Waals surface area contributed by atoms with E-state index >= 15 is 0 Å². The SMILES string of the molecule is COc1cccc(CN2CCC[C@H](CCC(=O)N3CCN(Cc4ccccc4)CC3)C2)c1O. The monoisotopic (exact) mass is 451 g/mol. The highest BCUT2D eigenvalue weighted by molar-refractivity contribution is 5.76. The van der Waals surface area contributed by atoms with Crippen molar-refractivity contribution < 1.29 is 14.6 Å². The average Bonchev–Trinajstić information content (AvgIpc) is 2.85. The molecule has 2 aromatic carbocycles. The van der Waals surface area contributed by atoms with Gasteiger partial charge in [-0.2, -0.15) is 0 Å². The topological polar surface area (TPSA) is 56.2 Å². The Balaban J connectivity index is 1.19. The zero-order chi connectivity index (χ0) is 23.0. The van der Waals surface area contributed by atoms with Crippen LogP contribution in [0, 0.1) is 5.92 Å². The smallest absolute Gasteiger partial charge is 0.222 e. The van der Waals surface area contributed by atoms with Gasteiger partial charge in [0.2, 0.25) is 5.91 Å². The quantitative estimate of drug-likeness (QED) is 0.663. The fourth-order valence-electron chi connectivity index (χ4n) is 5.11. The molecule has 1 atom stereocenters. The number of hydrogen-bond donors (Lipinski definition) is 1. The van der Waals surface area contributed by atoms with Crippen LogP contribution in [0.2, 0.25) is 0 Å². The van der Waals surface area contributed by atoms with E-state index in [2.05, 4.69) is 39.0 Å². The summed E-state index contributed by atoms with van der Waals surface area (Å²) in [5.74, 6) is 1.60. The van der Waals surface area contributed by atoms with E-state index in [1.54, 1.807) is 13.2 Å². The number of ether oxygens (including phenoxy) is 1. The van der Waals surface area contributed by atoms with Crippen molar-refractivity contribution in [2.75, 3.05) is 46.4 Å². The molecule has 0 unspecified atom stereocenters. The van der Waals surface area contributed by atoms with Gasteiger partial charge < -0.3 is 14.7 Å². The molecular formula is C27H37N3O3. The minimum absolute atomic E-state index is 0.240. The lowest BCUT2D eigenvalue weighted by molar-refractivity contribution is -0.133. The van der Waals surface area contributed by atoms with Crippen molar-refractivity contribution in [1.82, 2.24) is 14.7 Å². The van der Waals surface area contributed by atoms with Crippen molar-refractivity contribution >= 4 is 5.91 Å². The van der Waals surface area contributed by atoms with Crippen LogP contribution in [0.1, 0.15) is 36.8 Å². The number of phenols is 1. The van der Waals surface area contributed by atoms with Gasteiger partial charge in [-0.3, -0.25) is 14.6 Å². The molecule has 0 aromatic heterocycles. The lowest BCUT2D eigenvalue weighted by atomic mass is 9.92. The minimum atomic E-state index is 0.240. The number of benzene rings is 2. The number of phenolic OH excluding ortho intramolecular Hbond substituents is 1. The van der Waals surface area contributed by atoms with Gasteiger partial charge in [0.25, 0.3) is 0 Å². The van der Waals surface area contributed by atoms with Crippen LogP contribution in [-0.4, -0.2) is 72.1 Å². The molecule has 2 fully saturated rings. The number of amides is 1. The Hall–Kier alpha value is -2.57. The normalized spacial score (nSPS) is 20.0. The van der Waals surface area contributed by atoms with Gasteiger partial charge in [-0.1, -0.05) is 42.5 Å². The van der Waals surface area contributed by atoms with E-state index in [-0.39, 0.29) is 5.75 Å². The van der Waals surface area contributed by atoms with Crippen molar-refractivity contribution in [3.63, 3.8) is 0 Å². The van der Waals surface area contributed by atoms with E-state index in [9.17, 15) is 9.90 Å². The predicted octanol–water partition coefficient (Wildman–Crippen LogP) is 3.74. The number of piperazine rings is 1. The van der Waals surface area contributed by atoms with E-state index < -0.39 is 0 Å². The van der Waals surface area contributed by atoms with E-state index in [4.69, 9.17) is 4.74 Å². The highest BCUT2D eigenvalue weighted by Gasteiger charge is 2.25. The fraction of sp³-hybridized carbons (Fsp3) is 0.519. The van der Waals surface area contributed by atoms with E-state index in [0.717, 1.165) is 70.8 Å². The van der Waals surface area contributed by atoms with Gasteiger partial charge >= 0.3 is 0 Å². The number of rotatable bonds is 8. The summed E-state index contributed by atoms with van der Waals surface area (Å²) in [6.07, 6.45) is 3.91. The van der Waals surface area contributed by atoms with Gasteiger partial charge in [0.15, 0.2) is 11.5 Å². The molecule has 2 aliphatic heterocycles. The van der Waals surface area contributed by atoms with Crippen LogP contribution >= 0.6 is 0 Å². The highest BCUT2D eigenvalue weighted by atomic mass is 16.5. The lowest BCUT2D eigenvalue weighted by Gasteiger charge is -2.36. The summed E-state index contributed by atoms with van der Waals surface area (Å²) in [5, 5.41) is 10.4. The number of aromatic hydroxyl groups is 1. The third kappa shape index (κ3) is 6.49. The van der Waals surface area contributed by atoms with Crippen LogP contribution in [0.15, 0.2) is 48.5 Å². The number of carbonyl (C=O) groups excluding carboxylic acids is 1. The molecule has 1 N–H and O–H groups in total. The third-order valence-corrected chi connectivity index (χ3v) is 7.04. The largest absolute Gasteiger partial charge is 0.504 e.